The molecule has 0 radical (unpaired) electrons. The number of anilines is 1. The number of hydrogen-bond donors (Lipinski definition) is 3. The normalized spacial score (nSPS) is 23.0. The molecular formula is C37H39N5O8. The average molecular weight is 682 g/mol. The minimum Gasteiger partial charge on any atom is -0.497 e. The number of amides is 1. The number of nitrogens with one attached hydrogen (secondary N) is 2. The fourth-order valence-electron chi connectivity index (χ4n) is 6.80. The summed E-state index contributed by atoms with van der Waals surface area (Å²) >= 11 is 0. The molecule has 50 heavy (non-hydrogen) atoms. The number of carbonyl (C=O) groups excluding carboxylic acids is 1. The van der Waals surface area contributed by atoms with Crippen LogP contribution in [0.25, 0.3) is 11.2 Å². The minimum atomic E-state index is -1.33. The molecule has 2 aliphatic rings. The first-order valence-corrected chi connectivity index (χ1v) is 16.4. The summed E-state index contributed by atoms with van der Waals surface area (Å²) in [6.07, 6.45) is -2.03. The molecule has 7 rings (SSSR count). The van der Waals surface area contributed by atoms with E-state index in [9.17, 15) is 14.7 Å². The molecule has 4 heterocycles. The predicted molar refractivity (Wildman–Crippen MR) is 183 cm³/mol. The Morgan fingerprint density at radius 1 is 1.00 bits per heavy atom. The van der Waals surface area contributed by atoms with Gasteiger partial charge in [0.25, 0.3) is 5.56 Å². The Labute approximate surface area is 288 Å². The first kappa shape index (κ1) is 33.4. The van der Waals surface area contributed by atoms with Crippen LogP contribution in [0.2, 0.25) is 0 Å². The largest absolute Gasteiger partial charge is 0.497 e. The predicted octanol–water partition coefficient (Wildman–Crippen LogP) is 4.16. The Balaban J connectivity index is 1.29. The van der Waals surface area contributed by atoms with Crippen molar-refractivity contribution in [1.29, 1.82) is 0 Å². The number of rotatable bonds is 11. The average Bonchev–Trinajstić information content (AvgIpc) is 3.76. The van der Waals surface area contributed by atoms with Crippen molar-refractivity contribution < 1.29 is 33.6 Å². The van der Waals surface area contributed by atoms with Crippen LogP contribution in [0.1, 0.15) is 43.7 Å². The topological polar surface area (TPSA) is 159 Å². The van der Waals surface area contributed by atoms with Crippen molar-refractivity contribution in [3.05, 3.63) is 112 Å². The van der Waals surface area contributed by atoms with Crippen LogP contribution in [0.15, 0.2) is 90.0 Å². The highest BCUT2D eigenvalue weighted by Crippen LogP contribution is 2.51. The monoisotopic (exact) mass is 681 g/mol. The molecule has 1 amide bonds. The zero-order chi connectivity index (χ0) is 35.2. The molecule has 3 N–H and O–H groups in total. The third-order valence-electron chi connectivity index (χ3n) is 9.64. The van der Waals surface area contributed by atoms with Crippen LogP contribution in [-0.4, -0.2) is 75.3 Å². The number of aliphatic hydroxyl groups excluding tert-OH is 1. The van der Waals surface area contributed by atoms with Crippen molar-refractivity contribution >= 4 is 23.0 Å². The van der Waals surface area contributed by atoms with Crippen LogP contribution in [0.4, 0.5) is 5.95 Å². The number of carbonyl (C=O) groups is 1. The molecule has 5 aromatic rings. The summed E-state index contributed by atoms with van der Waals surface area (Å²) in [7, 11) is 3.23. The lowest BCUT2D eigenvalue weighted by Crippen LogP contribution is -2.52. The van der Waals surface area contributed by atoms with Crippen LogP contribution >= 0.6 is 0 Å². The highest BCUT2D eigenvalue weighted by molar-refractivity contribution is 5.91. The number of aromatic amines is 1. The van der Waals surface area contributed by atoms with Gasteiger partial charge in [0.15, 0.2) is 17.4 Å². The first-order valence-electron chi connectivity index (χ1n) is 16.4. The molecule has 3 aromatic carbocycles. The van der Waals surface area contributed by atoms with Gasteiger partial charge in [-0.2, -0.15) is 4.98 Å². The molecule has 260 valence electrons. The molecule has 2 saturated heterocycles. The van der Waals surface area contributed by atoms with Crippen molar-refractivity contribution in [2.75, 3.05) is 26.1 Å². The van der Waals surface area contributed by atoms with E-state index in [2.05, 4.69) is 20.3 Å². The summed E-state index contributed by atoms with van der Waals surface area (Å²) in [5.41, 5.74) is -0.339. The molecule has 2 fully saturated rings. The third kappa shape index (κ3) is 5.42. The number of methoxy groups -OCH3 is 2. The van der Waals surface area contributed by atoms with Gasteiger partial charge in [0.2, 0.25) is 11.9 Å². The van der Waals surface area contributed by atoms with Crippen LogP contribution in [-0.2, 0) is 24.6 Å². The second-order valence-electron chi connectivity index (χ2n) is 12.8. The number of imidazole rings is 1. The summed E-state index contributed by atoms with van der Waals surface area (Å²) in [6, 6.07) is 25.2. The molecule has 13 nitrogen and oxygen atoms in total. The van der Waals surface area contributed by atoms with Gasteiger partial charge < -0.3 is 28.8 Å². The highest BCUT2D eigenvalue weighted by atomic mass is 16.7. The minimum absolute atomic E-state index is 0.0226. The fourth-order valence-corrected chi connectivity index (χ4v) is 6.80. The SMILES string of the molecule is COc1ccc(C(OC[C@]23O[C@@H](n4cnc5c(=O)[nH]c(NC(=O)C(C)C)nc54)[C@H](OC2C)[C@@H]3O)(c2ccccc2)c2ccc(OC)cc2)cc1. The van der Waals surface area contributed by atoms with E-state index in [4.69, 9.17) is 23.7 Å². The van der Waals surface area contributed by atoms with Crippen LogP contribution in [0, 0.1) is 5.92 Å². The van der Waals surface area contributed by atoms with Crippen molar-refractivity contribution in [2.45, 2.75) is 56.5 Å². The lowest BCUT2D eigenvalue weighted by Gasteiger charge is -2.41. The molecule has 0 aliphatic carbocycles. The van der Waals surface area contributed by atoms with Crippen LogP contribution < -0.4 is 20.3 Å². The maximum atomic E-state index is 12.9. The lowest BCUT2D eigenvalue weighted by molar-refractivity contribution is -0.230. The Kier molecular flexibility index (Phi) is 8.68. The summed E-state index contributed by atoms with van der Waals surface area (Å²) in [4.78, 5) is 36.7. The fraction of sp³-hybridized carbons (Fsp3) is 0.351. The first-order chi connectivity index (χ1) is 24.1. The number of hydrogen-bond acceptors (Lipinski definition) is 10. The molecular weight excluding hydrogens is 642 g/mol. The Bertz CT molecular complexity index is 2000. The van der Waals surface area contributed by atoms with E-state index in [0.29, 0.717) is 11.5 Å². The van der Waals surface area contributed by atoms with Gasteiger partial charge >= 0.3 is 0 Å². The van der Waals surface area contributed by atoms with Gasteiger partial charge in [-0.05, 0) is 47.9 Å². The standard InChI is InChI=1S/C37H39N5O8/c1-21(2)32(44)40-35-39-31-28(33(45)41-35)38-20-42(31)34-29-30(43)36(50-34,22(3)49-29)19-48-37(23-9-7-6-8-10-23,24-11-15-26(46-4)16-12-24)25-13-17-27(47-5)18-14-25/h6-18,20-22,29-30,34,43H,19H2,1-5H3,(H2,39,40,41,44,45)/t22?,29-,30+,34-,36+/m1/s1. The van der Waals surface area contributed by atoms with E-state index < -0.39 is 41.3 Å². The van der Waals surface area contributed by atoms with Gasteiger partial charge in [-0.1, -0.05) is 68.4 Å². The maximum absolute atomic E-state index is 12.9. The maximum Gasteiger partial charge on any atom is 0.280 e. The van der Waals surface area contributed by atoms with E-state index in [-0.39, 0.29) is 35.5 Å². The molecule has 2 bridgehead atoms. The lowest BCUT2D eigenvalue weighted by atomic mass is 9.79. The molecule has 0 saturated carbocycles. The second-order valence-corrected chi connectivity index (χ2v) is 12.8. The van der Waals surface area contributed by atoms with Crippen molar-refractivity contribution in [3.63, 3.8) is 0 Å². The smallest absolute Gasteiger partial charge is 0.280 e. The van der Waals surface area contributed by atoms with Crippen molar-refractivity contribution in [2.24, 2.45) is 5.92 Å². The molecule has 0 spiro atoms. The Morgan fingerprint density at radius 2 is 1.60 bits per heavy atom. The molecule has 2 aromatic heterocycles. The zero-order valence-electron chi connectivity index (χ0n) is 28.3. The van der Waals surface area contributed by atoms with Crippen molar-refractivity contribution in [1.82, 2.24) is 19.5 Å². The number of aliphatic hydroxyl groups is 1. The van der Waals surface area contributed by atoms with E-state index in [0.717, 1.165) is 16.7 Å². The second kappa shape index (κ2) is 13.0. The Morgan fingerprint density at radius 3 is 2.18 bits per heavy atom. The number of ether oxygens (including phenoxy) is 5. The van der Waals surface area contributed by atoms with Crippen molar-refractivity contribution in [3.8, 4) is 11.5 Å². The summed E-state index contributed by atoms with van der Waals surface area (Å²) in [5.74, 6) is 0.709. The zero-order valence-corrected chi connectivity index (χ0v) is 28.3. The van der Waals surface area contributed by atoms with Gasteiger partial charge in [-0.25, -0.2) is 4.98 Å². The van der Waals surface area contributed by atoms with Crippen LogP contribution in [0.5, 0.6) is 11.5 Å². The number of H-pyrrole nitrogens is 1. The molecule has 1 unspecified atom stereocenters. The van der Waals surface area contributed by atoms with Gasteiger partial charge in [-0.3, -0.25) is 24.5 Å². The van der Waals surface area contributed by atoms with E-state index in [1.54, 1.807) is 32.6 Å². The number of aromatic nitrogens is 4. The van der Waals surface area contributed by atoms with Gasteiger partial charge in [-0.15, -0.1) is 0 Å². The van der Waals surface area contributed by atoms with Gasteiger partial charge in [0.1, 0.15) is 34.9 Å². The molecule has 2 aliphatic heterocycles. The molecule has 5 atom stereocenters. The highest BCUT2D eigenvalue weighted by Gasteiger charge is 2.66. The summed E-state index contributed by atoms with van der Waals surface area (Å²) in [5, 5.41) is 14.5. The summed E-state index contributed by atoms with van der Waals surface area (Å²) < 4.78 is 32.7. The number of benzene rings is 3. The van der Waals surface area contributed by atoms with Gasteiger partial charge in [0, 0.05) is 5.92 Å². The third-order valence-corrected chi connectivity index (χ3v) is 9.64. The number of nitrogens with zero attached hydrogens (tertiary/aromatic N) is 3. The summed E-state index contributed by atoms with van der Waals surface area (Å²) in [6.45, 7) is 5.21. The van der Waals surface area contributed by atoms with E-state index >= 15 is 0 Å². The van der Waals surface area contributed by atoms with E-state index in [1.165, 1.54) is 6.33 Å². The quantitative estimate of drug-likeness (QED) is 0.173. The van der Waals surface area contributed by atoms with E-state index in [1.807, 2.05) is 85.8 Å². The van der Waals surface area contributed by atoms with Gasteiger partial charge in [0.05, 0.1) is 33.3 Å². The van der Waals surface area contributed by atoms with Crippen LogP contribution in [0.3, 0.4) is 0 Å². The Hall–Kier alpha value is -5.08. The molecule has 13 heteroatoms. The number of fused-ring (bicyclic) bond motifs is 3.